The number of carbonyl (C=O) groups is 4. The second-order valence-electron chi connectivity index (χ2n) is 8.63. The van der Waals surface area contributed by atoms with Crippen molar-refractivity contribution >= 4 is 47.4 Å². The van der Waals surface area contributed by atoms with Crippen molar-refractivity contribution in [3.63, 3.8) is 0 Å². The Labute approximate surface area is 221 Å². The van der Waals surface area contributed by atoms with Crippen LogP contribution in [0.1, 0.15) is 84.2 Å². The molecule has 0 aliphatic heterocycles. The summed E-state index contributed by atoms with van der Waals surface area (Å²) in [5.41, 5.74) is 1.02. The minimum absolute atomic E-state index is 0.151. The first-order chi connectivity index (χ1) is 17.1. The third kappa shape index (κ3) is 10.8. The number of hydrogen-bond donors (Lipinski definition) is 4. The summed E-state index contributed by atoms with van der Waals surface area (Å²) in [5, 5.41) is 37.6. The molecule has 4 N–H and O–H groups in total. The average molecular weight is 543 g/mol. The average Bonchev–Trinajstić information content (AvgIpc) is 2.82. The molecule has 10 heteroatoms. The fraction of sp³-hybridized carbons (Fsp3) is 0.615. The van der Waals surface area contributed by atoms with Gasteiger partial charge in [-0.3, -0.25) is 9.59 Å². The van der Waals surface area contributed by atoms with Crippen molar-refractivity contribution in [3.05, 3.63) is 34.4 Å². The van der Waals surface area contributed by atoms with E-state index >= 15 is 0 Å². The van der Waals surface area contributed by atoms with E-state index in [4.69, 9.17) is 10.2 Å². The maximum Gasteiger partial charge on any atom is 0.336 e. The Bertz CT molecular complexity index is 887. The van der Waals surface area contributed by atoms with E-state index in [1.165, 1.54) is 6.07 Å². The maximum absolute atomic E-state index is 12.0. The molecule has 1 aromatic carbocycles. The van der Waals surface area contributed by atoms with E-state index < -0.39 is 23.9 Å². The second-order valence-corrected chi connectivity index (χ2v) is 11.1. The van der Waals surface area contributed by atoms with Crippen molar-refractivity contribution < 1.29 is 39.6 Å². The van der Waals surface area contributed by atoms with Crippen LogP contribution in [0.4, 0.5) is 0 Å². The Hall–Kier alpha value is -2.20. The van der Waals surface area contributed by atoms with Crippen molar-refractivity contribution in [3.8, 4) is 0 Å². The number of rotatable bonds is 20. The summed E-state index contributed by atoms with van der Waals surface area (Å²) in [6, 6.07) is 3.07. The lowest BCUT2D eigenvalue weighted by Crippen LogP contribution is -2.15. The van der Waals surface area contributed by atoms with E-state index in [-0.39, 0.29) is 23.0 Å². The van der Waals surface area contributed by atoms with Crippen LogP contribution in [-0.2, 0) is 22.4 Å². The van der Waals surface area contributed by atoms with Crippen molar-refractivity contribution in [1.29, 1.82) is 0 Å². The molecule has 0 saturated carbocycles. The lowest BCUT2D eigenvalue weighted by Gasteiger charge is -2.15. The predicted octanol–water partition coefficient (Wildman–Crippen LogP) is 5.42. The maximum atomic E-state index is 12.0. The fourth-order valence-corrected chi connectivity index (χ4v) is 6.02. The van der Waals surface area contributed by atoms with E-state index in [1.807, 2.05) is 13.8 Å². The molecular weight excluding hydrogens is 504 g/mol. The van der Waals surface area contributed by atoms with E-state index in [2.05, 4.69) is 0 Å². The highest BCUT2D eigenvalue weighted by atomic mass is 32.2. The first-order valence-corrected chi connectivity index (χ1v) is 14.7. The van der Waals surface area contributed by atoms with E-state index in [1.54, 1.807) is 29.6 Å². The zero-order valence-corrected chi connectivity index (χ0v) is 22.7. The molecule has 0 aliphatic carbocycles. The topological polar surface area (TPSA) is 149 Å². The Balaban J connectivity index is 2.75. The van der Waals surface area contributed by atoms with Gasteiger partial charge in [-0.15, -0.1) is 0 Å². The highest BCUT2D eigenvalue weighted by Gasteiger charge is 2.23. The van der Waals surface area contributed by atoms with Gasteiger partial charge in [0.1, 0.15) is 0 Å². The molecule has 0 spiro atoms. The molecule has 0 aliphatic rings. The number of aryl methyl sites for hydroxylation is 1. The Morgan fingerprint density at radius 2 is 1.22 bits per heavy atom. The van der Waals surface area contributed by atoms with Gasteiger partial charge < -0.3 is 20.4 Å². The molecule has 0 fully saturated rings. The SMILES string of the molecule is CCC(CCSCCCc1ccc(C(=O)O)c(C(=O)O)c1CCCSCCC(CC)C(=O)O)C(=O)O. The number of hydrogen-bond acceptors (Lipinski definition) is 6. The molecule has 202 valence electrons. The summed E-state index contributed by atoms with van der Waals surface area (Å²) in [4.78, 5) is 45.9. The van der Waals surface area contributed by atoms with Gasteiger partial charge in [0.15, 0.2) is 0 Å². The molecule has 0 aromatic heterocycles. The van der Waals surface area contributed by atoms with Crippen LogP contribution < -0.4 is 0 Å². The zero-order valence-electron chi connectivity index (χ0n) is 21.0. The highest BCUT2D eigenvalue weighted by molar-refractivity contribution is 7.99. The first-order valence-electron chi connectivity index (χ1n) is 12.4. The summed E-state index contributed by atoms with van der Waals surface area (Å²) in [6.45, 7) is 3.71. The highest BCUT2D eigenvalue weighted by Crippen LogP contribution is 2.25. The van der Waals surface area contributed by atoms with Crippen molar-refractivity contribution in [2.45, 2.75) is 65.2 Å². The van der Waals surface area contributed by atoms with E-state index in [9.17, 15) is 29.4 Å². The van der Waals surface area contributed by atoms with Crippen LogP contribution in [-0.4, -0.2) is 67.3 Å². The Morgan fingerprint density at radius 3 is 1.64 bits per heavy atom. The Kier molecular flexibility index (Phi) is 15.3. The molecule has 1 aromatic rings. The summed E-state index contributed by atoms with van der Waals surface area (Å²) in [7, 11) is 0. The molecule has 0 radical (unpaired) electrons. The zero-order chi connectivity index (χ0) is 27.1. The molecule has 2 atom stereocenters. The third-order valence-corrected chi connectivity index (χ3v) is 8.41. The minimum Gasteiger partial charge on any atom is -0.481 e. The number of thioether (sulfide) groups is 2. The predicted molar refractivity (Wildman–Crippen MR) is 144 cm³/mol. The van der Waals surface area contributed by atoms with Gasteiger partial charge in [-0.25, -0.2) is 9.59 Å². The first kappa shape index (κ1) is 31.8. The van der Waals surface area contributed by atoms with Gasteiger partial charge in [0.05, 0.1) is 23.0 Å². The third-order valence-electron chi connectivity index (χ3n) is 6.21. The molecule has 0 bridgehead atoms. The van der Waals surface area contributed by atoms with Crippen LogP contribution in [0.2, 0.25) is 0 Å². The van der Waals surface area contributed by atoms with Gasteiger partial charge in [-0.1, -0.05) is 19.9 Å². The van der Waals surface area contributed by atoms with Gasteiger partial charge >= 0.3 is 23.9 Å². The van der Waals surface area contributed by atoms with Gasteiger partial charge in [0, 0.05) is 0 Å². The smallest absolute Gasteiger partial charge is 0.336 e. The molecule has 0 heterocycles. The van der Waals surface area contributed by atoms with Gasteiger partial charge in [0.25, 0.3) is 0 Å². The summed E-state index contributed by atoms with van der Waals surface area (Å²) in [6.07, 6.45) is 4.86. The fourth-order valence-electron chi connectivity index (χ4n) is 4.01. The normalized spacial score (nSPS) is 12.7. The lowest BCUT2D eigenvalue weighted by molar-refractivity contribution is -0.142. The largest absolute Gasteiger partial charge is 0.481 e. The molecule has 0 amide bonds. The van der Waals surface area contributed by atoms with Crippen molar-refractivity contribution in [1.82, 2.24) is 0 Å². The number of benzene rings is 1. The second kappa shape index (κ2) is 17.3. The van der Waals surface area contributed by atoms with Crippen molar-refractivity contribution in [2.75, 3.05) is 23.0 Å². The molecule has 1 rings (SSSR count). The van der Waals surface area contributed by atoms with Gasteiger partial charge in [-0.2, -0.15) is 23.5 Å². The lowest BCUT2D eigenvalue weighted by atomic mass is 9.91. The minimum atomic E-state index is -1.27. The van der Waals surface area contributed by atoms with E-state index in [0.717, 1.165) is 29.2 Å². The molecule has 8 nitrogen and oxygen atoms in total. The number of aliphatic carboxylic acids is 2. The standard InChI is InChI=1S/C26H38O8S2/c1-3-17(23(27)28)11-15-35-13-5-7-19-9-10-21(25(31)32)22(26(33)34)20(19)8-6-14-36-16-12-18(4-2)24(29)30/h9-10,17-18H,3-8,11-16H2,1-2H3,(H,27,28)(H,29,30)(H,31,32)(H,33,34). The van der Waals surface area contributed by atoms with E-state index in [0.29, 0.717) is 56.3 Å². The Morgan fingerprint density at radius 1 is 0.722 bits per heavy atom. The van der Waals surface area contributed by atoms with Crippen molar-refractivity contribution in [2.24, 2.45) is 11.8 Å². The van der Waals surface area contributed by atoms with Crippen LogP contribution >= 0.6 is 23.5 Å². The monoisotopic (exact) mass is 542 g/mol. The van der Waals surface area contributed by atoms with Gasteiger partial charge in [0.2, 0.25) is 0 Å². The van der Waals surface area contributed by atoms with Crippen LogP contribution in [0, 0.1) is 11.8 Å². The molecule has 36 heavy (non-hydrogen) atoms. The quantitative estimate of drug-likeness (QED) is 0.157. The van der Waals surface area contributed by atoms with Crippen LogP contribution in [0.15, 0.2) is 12.1 Å². The molecular formula is C26H38O8S2. The summed E-state index contributed by atoms with van der Waals surface area (Å²) < 4.78 is 0. The van der Waals surface area contributed by atoms with Crippen LogP contribution in [0.5, 0.6) is 0 Å². The number of carboxylic acid groups (broad SMARTS) is 4. The van der Waals surface area contributed by atoms with Crippen LogP contribution in [0.25, 0.3) is 0 Å². The molecule has 0 saturated heterocycles. The summed E-state index contributed by atoms with van der Waals surface area (Å²) in [5.74, 6) is -1.79. The summed E-state index contributed by atoms with van der Waals surface area (Å²) >= 11 is 3.30. The number of aromatic carboxylic acids is 2. The number of carboxylic acids is 4. The van der Waals surface area contributed by atoms with Crippen LogP contribution in [0.3, 0.4) is 0 Å². The molecule has 2 unspecified atom stereocenters. The van der Waals surface area contributed by atoms with Gasteiger partial charge in [-0.05, 0) is 91.6 Å².